The summed E-state index contributed by atoms with van der Waals surface area (Å²) in [5.41, 5.74) is 0.168. The molecule has 0 amide bonds. The molecule has 176 valence electrons. The van der Waals surface area contributed by atoms with Gasteiger partial charge in [-0.15, -0.1) is 0 Å². The Labute approximate surface area is 188 Å². The third kappa shape index (κ3) is 3.07. The van der Waals surface area contributed by atoms with Crippen molar-refractivity contribution in [3.8, 4) is 0 Å². The molecule has 0 radical (unpaired) electrons. The fourth-order valence-electron chi connectivity index (χ4n) is 10.6. The predicted molar refractivity (Wildman–Crippen MR) is 121 cm³/mol. The van der Waals surface area contributed by atoms with Crippen LogP contribution in [-0.2, 0) is 0 Å². The molecule has 0 aromatic heterocycles. The van der Waals surface area contributed by atoms with Crippen molar-refractivity contribution in [3.05, 3.63) is 0 Å². The lowest BCUT2D eigenvalue weighted by atomic mass is 9.51. The number of hydrogen-bond donors (Lipinski definition) is 3. The summed E-state index contributed by atoms with van der Waals surface area (Å²) in [6.45, 7) is 9.74. The van der Waals surface area contributed by atoms with Gasteiger partial charge in [0, 0.05) is 19.1 Å². The van der Waals surface area contributed by atoms with Crippen LogP contribution < -0.4 is 0 Å². The molecule has 3 N–H and O–H groups in total. The number of hydrogen-bond acceptors (Lipinski definition) is 4. The molecule has 4 saturated carbocycles. The molecular weight excluding hydrogens is 386 g/mol. The van der Waals surface area contributed by atoms with Crippen LogP contribution in [-0.4, -0.2) is 57.7 Å². The molecule has 2 saturated heterocycles. The zero-order valence-corrected chi connectivity index (χ0v) is 19.9. The molecule has 6 fully saturated rings. The van der Waals surface area contributed by atoms with Crippen molar-refractivity contribution >= 4 is 0 Å². The normalized spacial score (nSPS) is 61.5. The van der Waals surface area contributed by atoms with E-state index in [4.69, 9.17) is 0 Å². The van der Waals surface area contributed by atoms with Gasteiger partial charge >= 0.3 is 0 Å². The van der Waals surface area contributed by atoms with E-state index in [1.165, 1.54) is 32.4 Å². The highest BCUT2D eigenvalue weighted by Crippen LogP contribution is 2.67. The number of aliphatic hydroxyl groups is 3. The second-order valence-corrected chi connectivity index (χ2v) is 13.3. The van der Waals surface area contributed by atoms with Crippen LogP contribution in [0.2, 0.25) is 0 Å². The first kappa shape index (κ1) is 21.4. The Balaban J connectivity index is 1.31. The Morgan fingerprint density at radius 3 is 2.29 bits per heavy atom. The third-order valence-corrected chi connectivity index (χ3v) is 12.0. The Hall–Kier alpha value is -0.160. The number of rotatable bonds is 0. The minimum atomic E-state index is -0.271. The topological polar surface area (TPSA) is 63.9 Å². The van der Waals surface area contributed by atoms with Crippen molar-refractivity contribution < 1.29 is 15.3 Å². The van der Waals surface area contributed by atoms with Gasteiger partial charge in [0.2, 0.25) is 0 Å². The molecule has 14 atom stereocenters. The van der Waals surface area contributed by atoms with E-state index in [-0.39, 0.29) is 29.6 Å². The largest absolute Gasteiger partial charge is 0.393 e. The summed E-state index contributed by atoms with van der Waals surface area (Å²) >= 11 is 0. The van der Waals surface area contributed by atoms with Gasteiger partial charge in [-0.3, -0.25) is 4.90 Å². The van der Waals surface area contributed by atoms with E-state index in [1.807, 2.05) is 0 Å². The fraction of sp³-hybridized carbons (Fsp3) is 1.00. The zero-order valence-electron chi connectivity index (χ0n) is 19.9. The Morgan fingerprint density at radius 1 is 0.742 bits per heavy atom. The monoisotopic (exact) mass is 431 g/mol. The Morgan fingerprint density at radius 2 is 1.48 bits per heavy atom. The summed E-state index contributed by atoms with van der Waals surface area (Å²) in [5.74, 6) is 5.31. The molecule has 4 heteroatoms. The number of fused-ring (bicyclic) bond motifs is 8. The first-order valence-corrected chi connectivity index (χ1v) is 13.6. The van der Waals surface area contributed by atoms with Crippen LogP contribution >= 0.6 is 0 Å². The van der Waals surface area contributed by atoms with Crippen LogP contribution in [0.15, 0.2) is 0 Å². The molecule has 4 nitrogen and oxygen atoms in total. The van der Waals surface area contributed by atoms with E-state index in [0.717, 1.165) is 43.9 Å². The van der Waals surface area contributed by atoms with Gasteiger partial charge in [0.05, 0.1) is 18.3 Å². The molecule has 0 unspecified atom stereocenters. The van der Waals surface area contributed by atoms with Gasteiger partial charge in [-0.25, -0.2) is 0 Å². The molecule has 4 aliphatic carbocycles. The van der Waals surface area contributed by atoms with Crippen molar-refractivity contribution in [2.24, 2.45) is 58.7 Å². The molecule has 6 aliphatic rings. The van der Waals surface area contributed by atoms with E-state index in [0.29, 0.717) is 41.5 Å². The fourth-order valence-corrected chi connectivity index (χ4v) is 10.6. The SMILES string of the molecule is C[C@H]1CC[C@@H]2[C@H](C)[C@@H]3[C@@H](CN2C1)[C@@H]1C[C@H]2[C@@H](C[C@@H](O)[C@H]4C[C@@H](O)CC[C@@]42C)[C@@H]1C[C@@H]3O. The number of aliphatic hydroxyl groups excluding tert-OH is 3. The van der Waals surface area contributed by atoms with Gasteiger partial charge in [-0.05, 0) is 110 Å². The van der Waals surface area contributed by atoms with Gasteiger partial charge < -0.3 is 15.3 Å². The number of nitrogens with zero attached hydrogens (tertiary/aromatic N) is 1. The van der Waals surface area contributed by atoms with Crippen LogP contribution in [0.25, 0.3) is 0 Å². The highest BCUT2D eigenvalue weighted by atomic mass is 16.3. The standard InChI is InChI=1S/C27H45NO3/c1-14-4-5-23-15(2)26-20(13-28(23)12-14)17-9-21-19(18(17)10-25(26)31)11-24(30)22-8-16(29)6-7-27(21,22)3/h14-26,29-31H,4-13H2,1-3H3/t14-,15-,16-,17+,18+,19-,20-,21-,22+,23+,24+,25-,26+,27+/m0/s1. The van der Waals surface area contributed by atoms with E-state index in [9.17, 15) is 15.3 Å². The summed E-state index contributed by atoms with van der Waals surface area (Å²) in [5, 5.41) is 32.9. The van der Waals surface area contributed by atoms with Gasteiger partial charge in [0.1, 0.15) is 0 Å². The quantitative estimate of drug-likeness (QED) is 0.549. The number of piperidine rings is 2. The maximum absolute atomic E-state index is 11.4. The van der Waals surface area contributed by atoms with E-state index >= 15 is 0 Å². The Kier molecular flexibility index (Phi) is 5.12. The smallest absolute Gasteiger partial charge is 0.0577 e. The van der Waals surface area contributed by atoms with E-state index in [1.54, 1.807) is 0 Å². The molecule has 0 aromatic rings. The molecule has 0 aromatic carbocycles. The first-order valence-electron chi connectivity index (χ1n) is 13.6. The average molecular weight is 432 g/mol. The van der Waals surface area contributed by atoms with Crippen molar-refractivity contribution in [3.63, 3.8) is 0 Å². The summed E-state index contributed by atoms with van der Waals surface area (Å²) < 4.78 is 0. The van der Waals surface area contributed by atoms with Gasteiger partial charge in [-0.2, -0.15) is 0 Å². The molecule has 0 bridgehead atoms. The van der Waals surface area contributed by atoms with Gasteiger partial charge in [0.15, 0.2) is 0 Å². The summed E-state index contributed by atoms with van der Waals surface area (Å²) in [7, 11) is 0. The van der Waals surface area contributed by atoms with Crippen LogP contribution in [0.5, 0.6) is 0 Å². The predicted octanol–water partition coefficient (Wildman–Crippen LogP) is 3.53. The highest BCUT2D eigenvalue weighted by Gasteiger charge is 2.64. The molecule has 2 aliphatic heterocycles. The van der Waals surface area contributed by atoms with Crippen LogP contribution in [0.1, 0.15) is 72.1 Å². The van der Waals surface area contributed by atoms with Crippen molar-refractivity contribution in [2.45, 2.75) is 96.5 Å². The van der Waals surface area contributed by atoms with Crippen molar-refractivity contribution in [1.82, 2.24) is 4.90 Å². The molecule has 2 heterocycles. The lowest BCUT2D eigenvalue weighted by Crippen LogP contribution is -2.61. The third-order valence-electron chi connectivity index (χ3n) is 12.0. The summed E-state index contributed by atoms with van der Waals surface area (Å²) in [6.07, 6.45) is 7.94. The average Bonchev–Trinajstić information content (AvgIpc) is 3.08. The van der Waals surface area contributed by atoms with E-state index in [2.05, 4.69) is 25.7 Å². The first-order chi connectivity index (χ1) is 14.8. The minimum absolute atomic E-state index is 0.155. The van der Waals surface area contributed by atoms with Crippen LogP contribution in [0.3, 0.4) is 0 Å². The Bertz CT molecular complexity index is 700. The minimum Gasteiger partial charge on any atom is -0.393 e. The van der Waals surface area contributed by atoms with E-state index < -0.39 is 0 Å². The lowest BCUT2D eigenvalue weighted by molar-refractivity contribution is -0.139. The molecule has 6 rings (SSSR count). The van der Waals surface area contributed by atoms with Crippen LogP contribution in [0, 0.1) is 58.7 Å². The second kappa shape index (κ2) is 7.42. The summed E-state index contributed by atoms with van der Waals surface area (Å²) in [6, 6.07) is 0.677. The van der Waals surface area contributed by atoms with Crippen LogP contribution in [0.4, 0.5) is 0 Å². The summed E-state index contributed by atoms with van der Waals surface area (Å²) in [4.78, 5) is 2.81. The van der Waals surface area contributed by atoms with Gasteiger partial charge in [-0.1, -0.05) is 20.8 Å². The lowest BCUT2D eigenvalue weighted by Gasteiger charge is -2.58. The van der Waals surface area contributed by atoms with Crippen molar-refractivity contribution in [1.29, 1.82) is 0 Å². The molecule has 0 spiro atoms. The molecular formula is C27H45NO3. The zero-order chi connectivity index (χ0) is 21.7. The highest BCUT2D eigenvalue weighted by molar-refractivity contribution is 5.13. The molecule has 31 heavy (non-hydrogen) atoms. The maximum atomic E-state index is 11.4. The van der Waals surface area contributed by atoms with Gasteiger partial charge in [0.25, 0.3) is 0 Å². The van der Waals surface area contributed by atoms with Crippen molar-refractivity contribution in [2.75, 3.05) is 13.1 Å². The second-order valence-electron chi connectivity index (χ2n) is 13.3. The maximum Gasteiger partial charge on any atom is 0.0577 e.